The summed E-state index contributed by atoms with van der Waals surface area (Å²) in [7, 11) is -3.21. The van der Waals surface area contributed by atoms with Gasteiger partial charge in [0.15, 0.2) is 9.84 Å². The number of hydrogen-bond donors (Lipinski definition) is 1. The monoisotopic (exact) mass is 368 g/mol. The van der Waals surface area contributed by atoms with Crippen molar-refractivity contribution in [2.45, 2.75) is 50.2 Å². The van der Waals surface area contributed by atoms with Gasteiger partial charge in [-0.2, -0.15) is 0 Å². The molecule has 1 saturated carbocycles. The van der Waals surface area contributed by atoms with Crippen LogP contribution < -0.4 is 10.2 Å². The average Bonchev–Trinajstić information content (AvgIpc) is 3.27. The van der Waals surface area contributed by atoms with Gasteiger partial charge in [-0.1, -0.05) is 12.8 Å². The number of benzene rings is 1. The molecule has 0 unspecified atom stereocenters. The van der Waals surface area contributed by atoms with Crippen LogP contribution in [0.15, 0.2) is 18.2 Å². The number of halogens is 1. The second-order valence-electron chi connectivity index (χ2n) is 6.93. The van der Waals surface area contributed by atoms with E-state index >= 15 is 0 Å². The molecule has 0 spiro atoms. The average molecular weight is 368 g/mol. The maximum absolute atomic E-state index is 14.2. The van der Waals surface area contributed by atoms with Gasteiger partial charge in [0.1, 0.15) is 5.82 Å². The zero-order chi connectivity index (χ0) is 17.9. The second kappa shape index (κ2) is 7.72. The van der Waals surface area contributed by atoms with E-state index in [9.17, 15) is 17.6 Å². The summed E-state index contributed by atoms with van der Waals surface area (Å²) in [6, 6.07) is 4.64. The number of carbonyl (C=O) groups excluding carboxylic acids is 1. The summed E-state index contributed by atoms with van der Waals surface area (Å²) in [5.41, 5.74) is 0.919. The molecule has 0 aromatic heterocycles. The molecule has 0 radical (unpaired) electrons. The minimum absolute atomic E-state index is 0.0890. The van der Waals surface area contributed by atoms with Crippen LogP contribution >= 0.6 is 0 Å². The van der Waals surface area contributed by atoms with Crippen LogP contribution in [0.2, 0.25) is 0 Å². The first kappa shape index (κ1) is 18.2. The third-order valence-electron chi connectivity index (χ3n) is 5.10. The summed E-state index contributed by atoms with van der Waals surface area (Å²) < 4.78 is 38.6. The Morgan fingerprint density at radius 3 is 2.48 bits per heavy atom. The van der Waals surface area contributed by atoms with E-state index in [1.54, 1.807) is 12.1 Å². The van der Waals surface area contributed by atoms with Gasteiger partial charge < -0.3 is 10.2 Å². The smallest absolute Gasteiger partial charge is 0.225 e. The summed E-state index contributed by atoms with van der Waals surface area (Å²) in [6.45, 7) is 1.70. The third-order valence-corrected chi connectivity index (χ3v) is 7.36. The molecule has 1 aromatic carbocycles. The van der Waals surface area contributed by atoms with Crippen molar-refractivity contribution in [3.8, 4) is 0 Å². The van der Waals surface area contributed by atoms with Crippen LogP contribution in [0.4, 0.5) is 15.8 Å². The Labute approximate surface area is 148 Å². The molecular weight excluding hydrogens is 343 g/mol. The van der Waals surface area contributed by atoms with E-state index in [1.165, 1.54) is 6.07 Å². The van der Waals surface area contributed by atoms with E-state index in [1.807, 2.05) is 4.90 Å². The number of nitrogens with one attached hydrogen (secondary N) is 1. The van der Waals surface area contributed by atoms with Crippen molar-refractivity contribution in [1.29, 1.82) is 0 Å². The van der Waals surface area contributed by atoms with Crippen LogP contribution in [0.25, 0.3) is 0 Å². The van der Waals surface area contributed by atoms with E-state index in [0.29, 0.717) is 24.2 Å². The molecule has 0 atom stereocenters. The second-order valence-corrected chi connectivity index (χ2v) is 9.33. The number of amides is 1. The molecule has 0 bridgehead atoms. The number of carbonyl (C=O) groups is 1. The van der Waals surface area contributed by atoms with Gasteiger partial charge in [0.05, 0.1) is 16.7 Å². The van der Waals surface area contributed by atoms with Gasteiger partial charge in [-0.25, -0.2) is 12.8 Å². The number of nitrogens with zero attached hydrogens (tertiary/aromatic N) is 1. The predicted molar refractivity (Wildman–Crippen MR) is 97.1 cm³/mol. The lowest BCUT2D eigenvalue weighted by Crippen LogP contribution is -2.24. The Kier molecular flexibility index (Phi) is 5.61. The molecule has 1 saturated heterocycles. The predicted octanol–water partition coefficient (Wildman–Crippen LogP) is 3.11. The molecule has 1 aliphatic carbocycles. The maximum Gasteiger partial charge on any atom is 0.225 e. The summed E-state index contributed by atoms with van der Waals surface area (Å²) in [4.78, 5) is 14.0. The largest absolute Gasteiger partial charge is 0.369 e. The van der Waals surface area contributed by atoms with Crippen LogP contribution in [-0.2, 0) is 14.6 Å². The van der Waals surface area contributed by atoms with Crippen molar-refractivity contribution in [1.82, 2.24) is 0 Å². The van der Waals surface area contributed by atoms with E-state index in [2.05, 4.69) is 5.32 Å². The fourth-order valence-corrected chi connectivity index (χ4v) is 5.53. The molecule has 1 N–H and O–H groups in total. The number of hydrogen-bond acceptors (Lipinski definition) is 4. The van der Waals surface area contributed by atoms with Crippen LogP contribution in [-0.4, -0.2) is 38.4 Å². The van der Waals surface area contributed by atoms with E-state index < -0.39 is 15.7 Å². The first-order chi connectivity index (χ1) is 12.0. The van der Waals surface area contributed by atoms with Crippen molar-refractivity contribution in [2.24, 2.45) is 0 Å². The fraction of sp³-hybridized carbons (Fsp3) is 0.611. The lowest BCUT2D eigenvalue weighted by atomic mass is 10.2. The molecular formula is C18H25FN2O3S. The molecule has 2 aliphatic rings. The zero-order valence-corrected chi connectivity index (χ0v) is 15.2. The van der Waals surface area contributed by atoms with E-state index in [4.69, 9.17) is 0 Å². The molecule has 7 heteroatoms. The van der Waals surface area contributed by atoms with Gasteiger partial charge in [0.25, 0.3) is 0 Å². The topological polar surface area (TPSA) is 66.5 Å². The third kappa shape index (κ3) is 4.51. The van der Waals surface area contributed by atoms with Gasteiger partial charge in [0, 0.05) is 25.2 Å². The van der Waals surface area contributed by atoms with Crippen LogP contribution in [0.5, 0.6) is 0 Å². The van der Waals surface area contributed by atoms with Crippen molar-refractivity contribution >= 4 is 27.1 Å². The summed E-state index contributed by atoms with van der Waals surface area (Å²) in [5, 5.41) is 2.31. The van der Waals surface area contributed by atoms with Crippen LogP contribution in [0.1, 0.15) is 44.9 Å². The Hall–Kier alpha value is -1.63. The highest BCUT2D eigenvalue weighted by Gasteiger charge is 2.28. The van der Waals surface area contributed by atoms with E-state index in [0.717, 1.165) is 38.8 Å². The highest BCUT2D eigenvalue weighted by molar-refractivity contribution is 7.92. The Bertz CT molecular complexity index is 724. The fourth-order valence-electron chi connectivity index (χ4n) is 3.67. The SMILES string of the molecule is O=C(CCS(=O)(=O)C1CCCC1)Nc1ccc(N2CCCC2)c(F)c1. The normalized spacial score (nSPS) is 18.7. The van der Waals surface area contributed by atoms with Gasteiger partial charge in [0.2, 0.25) is 5.91 Å². The van der Waals surface area contributed by atoms with Crippen molar-refractivity contribution in [3.63, 3.8) is 0 Å². The van der Waals surface area contributed by atoms with Crippen LogP contribution in [0.3, 0.4) is 0 Å². The summed E-state index contributed by atoms with van der Waals surface area (Å²) in [6.07, 6.45) is 5.33. The molecule has 2 fully saturated rings. The molecule has 25 heavy (non-hydrogen) atoms. The molecule has 5 nitrogen and oxygen atoms in total. The molecule has 1 heterocycles. The van der Waals surface area contributed by atoms with Crippen molar-refractivity contribution in [2.75, 3.05) is 29.1 Å². The van der Waals surface area contributed by atoms with E-state index in [-0.39, 0.29) is 23.2 Å². The quantitative estimate of drug-likeness (QED) is 0.838. The summed E-state index contributed by atoms with van der Waals surface area (Å²) >= 11 is 0. The molecule has 1 amide bonds. The Balaban J connectivity index is 1.55. The summed E-state index contributed by atoms with van der Waals surface area (Å²) in [5.74, 6) is -0.897. The first-order valence-corrected chi connectivity index (χ1v) is 10.7. The van der Waals surface area contributed by atoms with Crippen molar-refractivity contribution in [3.05, 3.63) is 24.0 Å². The highest BCUT2D eigenvalue weighted by atomic mass is 32.2. The molecule has 1 aromatic rings. The van der Waals surface area contributed by atoms with Gasteiger partial charge in [-0.3, -0.25) is 4.79 Å². The van der Waals surface area contributed by atoms with Crippen LogP contribution in [0, 0.1) is 5.82 Å². The number of rotatable bonds is 6. The van der Waals surface area contributed by atoms with Crippen molar-refractivity contribution < 1.29 is 17.6 Å². The lowest BCUT2D eigenvalue weighted by molar-refractivity contribution is -0.115. The number of anilines is 2. The molecule has 3 rings (SSSR count). The number of sulfone groups is 1. The van der Waals surface area contributed by atoms with Gasteiger partial charge >= 0.3 is 0 Å². The first-order valence-electron chi connectivity index (χ1n) is 9.01. The lowest BCUT2D eigenvalue weighted by Gasteiger charge is -2.19. The molecule has 1 aliphatic heterocycles. The maximum atomic E-state index is 14.2. The Morgan fingerprint density at radius 1 is 1.16 bits per heavy atom. The minimum Gasteiger partial charge on any atom is -0.369 e. The Morgan fingerprint density at radius 2 is 1.84 bits per heavy atom. The van der Waals surface area contributed by atoms with Gasteiger partial charge in [-0.15, -0.1) is 0 Å². The zero-order valence-electron chi connectivity index (χ0n) is 14.3. The highest BCUT2D eigenvalue weighted by Crippen LogP contribution is 2.27. The van der Waals surface area contributed by atoms with Gasteiger partial charge in [-0.05, 0) is 43.9 Å². The standard InChI is InChI=1S/C18H25FN2O3S/c19-16-13-14(7-8-17(16)21-10-3-4-11-21)20-18(22)9-12-25(23,24)15-5-1-2-6-15/h7-8,13,15H,1-6,9-12H2,(H,20,22). The molecule has 138 valence electrons. The minimum atomic E-state index is -3.21.